The third kappa shape index (κ3) is 7.99. The van der Waals surface area contributed by atoms with E-state index < -0.39 is 30.4 Å². The number of aliphatic hydroxyl groups is 3. The molecule has 0 aliphatic rings. The fourth-order valence-corrected chi connectivity index (χ4v) is 5.54. The van der Waals surface area contributed by atoms with Crippen molar-refractivity contribution in [2.45, 2.75) is 70.9 Å². The number of hydrogen-bond donors (Lipinski definition) is 5. The number of nitrogens with zero attached hydrogens (tertiary/aromatic N) is 1. The summed E-state index contributed by atoms with van der Waals surface area (Å²) in [6.45, 7) is 4.11. The van der Waals surface area contributed by atoms with Crippen LogP contribution in [0.25, 0.3) is 22.3 Å². The molecule has 1 aromatic heterocycles. The van der Waals surface area contributed by atoms with Crippen LogP contribution in [-0.2, 0) is 24.4 Å². The molecule has 44 heavy (non-hydrogen) atoms. The Bertz CT molecular complexity index is 1550. The molecule has 0 bridgehead atoms. The molecule has 0 unspecified atom stereocenters. The highest BCUT2D eigenvalue weighted by Gasteiger charge is 2.30. The largest absolute Gasteiger partial charge is 0.481 e. The molecule has 232 valence electrons. The van der Waals surface area contributed by atoms with Gasteiger partial charge in [-0.2, -0.15) is 0 Å². The van der Waals surface area contributed by atoms with Crippen LogP contribution in [0.2, 0.25) is 0 Å². The quantitative estimate of drug-likeness (QED) is 0.130. The highest BCUT2D eigenvalue weighted by atomic mass is 19.1. The molecule has 2 atom stereocenters. The minimum absolute atomic E-state index is 0.0723. The van der Waals surface area contributed by atoms with Crippen LogP contribution in [0.1, 0.15) is 66.5 Å². The molecule has 0 aliphatic heterocycles. The van der Waals surface area contributed by atoms with E-state index in [9.17, 15) is 29.3 Å². The number of aliphatic carboxylic acids is 1. The summed E-state index contributed by atoms with van der Waals surface area (Å²) >= 11 is 0. The summed E-state index contributed by atoms with van der Waals surface area (Å²) in [5, 5.41) is 42.3. The molecule has 9 heteroatoms. The molecule has 1 amide bonds. The number of amides is 1. The first-order chi connectivity index (χ1) is 21.1. The molecule has 0 fully saturated rings. The summed E-state index contributed by atoms with van der Waals surface area (Å²) in [5.41, 5.74) is 5.72. The van der Waals surface area contributed by atoms with Gasteiger partial charge in [0.2, 0.25) is 0 Å². The predicted octanol–water partition coefficient (Wildman–Crippen LogP) is 5.48. The number of aliphatic hydroxyl groups excluding tert-OH is 3. The van der Waals surface area contributed by atoms with Crippen LogP contribution in [-0.4, -0.2) is 49.1 Å². The van der Waals surface area contributed by atoms with Gasteiger partial charge in [-0.05, 0) is 67.5 Å². The summed E-state index contributed by atoms with van der Waals surface area (Å²) in [6.07, 6.45) is -2.24. The van der Waals surface area contributed by atoms with Gasteiger partial charge in [0.05, 0.1) is 25.2 Å². The van der Waals surface area contributed by atoms with E-state index in [4.69, 9.17) is 5.11 Å². The first-order valence-electron chi connectivity index (χ1n) is 14.7. The lowest BCUT2D eigenvalue weighted by molar-refractivity contribution is -0.139. The molecule has 1 heterocycles. The number of carbonyl (C=O) groups excluding carboxylic acids is 1. The molecule has 0 radical (unpaired) electrons. The van der Waals surface area contributed by atoms with E-state index >= 15 is 0 Å². The Morgan fingerprint density at radius 1 is 0.841 bits per heavy atom. The number of carbonyl (C=O) groups is 2. The Balaban J connectivity index is 1.83. The van der Waals surface area contributed by atoms with Crippen LogP contribution < -0.4 is 5.32 Å². The summed E-state index contributed by atoms with van der Waals surface area (Å²) in [4.78, 5) is 25.1. The lowest BCUT2D eigenvalue weighted by Crippen LogP contribution is -2.27. The third-order valence-corrected chi connectivity index (χ3v) is 7.56. The Morgan fingerprint density at radius 2 is 1.45 bits per heavy atom. The van der Waals surface area contributed by atoms with E-state index in [0.29, 0.717) is 23.2 Å². The number of rotatable bonds is 14. The van der Waals surface area contributed by atoms with Crippen molar-refractivity contribution in [1.82, 2.24) is 9.88 Å². The molecule has 8 nitrogen and oxygen atoms in total. The fourth-order valence-electron chi connectivity index (χ4n) is 5.54. The average Bonchev–Trinajstić information content (AvgIpc) is 3.35. The zero-order valence-electron chi connectivity index (χ0n) is 24.9. The summed E-state index contributed by atoms with van der Waals surface area (Å²) < 4.78 is 16.0. The number of carboxylic acids is 1. The maximum atomic E-state index is 14.1. The van der Waals surface area contributed by atoms with E-state index in [1.54, 1.807) is 24.3 Å². The molecule has 4 rings (SSSR count). The maximum Gasteiger partial charge on any atom is 0.305 e. The van der Waals surface area contributed by atoms with Crippen molar-refractivity contribution in [3.8, 4) is 22.3 Å². The van der Waals surface area contributed by atoms with Crippen molar-refractivity contribution in [3.63, 3.8) is 0 Å². The first-order valence-corrected chi connectivity index (χ1v) is 14.7. The SMILES string of the molecule is CC(C)n1c(CC[C@@H](O)C[C@@H](O)CC(=O)O)c(-c2ccc(F)cc2)c(-c2ccccc2)c1C(=O)NCc1ccc(CO)cc1. The van der Waals surface area contributed by atoms with E-state index in [0.717, 1.165) is 27.9 Å². The van der Waals surface area contributed by atoms with Crippen LogP contribution in [0.3, 0.4) is 0 Å². The van der Waals surface area contributed by atoms with E-state index in [2.05, 4.69) is 5.32 Å². The Hall–Kier alpha value is -4.31. The van der Waals surface area contributed by atoms with Gasteiger partial charge in [-0.3, -0.25) is 9.59 Å². The molecule has 3 aromatic carbocycles. The highest BCUT2D eigenvalue weighted by Crippen LogP contribution is 2.42. The van der Waals surface area contributed by atoms with Gasteiger partial charge in [0, 0.05) is 29.4 Å². The zero-order chi connectivity index (χ0) is 31.8. The van der Waals surface area contributed by atoms with Gasteiger partial charge >= 0.3 is 5.97 Å². The molecule has 5 N–H and O–H groups in total. The van der Waals surface area contributed by atoms with E-state index in [1.807, 2.05) is 60.9 Å². The number of nitrogens with one attached hydrogen (secondary N) is 1. The first kappa shape index (κ1) is 32.6. The molecular weight excluding hydrogens is 563 g/mol. The summed E-state index contributed by atoms with van der Waals surface area (Å²) in [5.74, 6) is -1.85. The second-order valence-corrected chi connectivity index (χ2v) is 11.2. The molecule has 0 aliphatic carbocycles. The maximum absolute atomic E-state index is 14.1. The second kappa shape index (κ2) is 14.9. The van der Waals surface area contributed by atoms with Crippen LogP contribution in [0.4, 0.5) is 4.39 Å². The van der Waals surface area contributed by atoms with E-state index in [1.165, 1.54) is 12.1 Å². The minimum Gasteiger partial charge on any atom is -0.481 e. The van der Waals surface area contributed by atoms with Gasteiger partial charge < -0.3 is 30.3 Å². The van der Waals surface area contributed by atoms with Crippen molar-refractivity contribution in [1.29, 1.82) is 0 Å². The topological polar surface area (TPSA) is 132 Å². The number of hydrogen-bond acceptors (Lipinski definition) is 5. The van der Waals surface area contributed by atoms with Crippen molar-refractivity contribution < 1.29 is 34.4 Å². The van der Waals surface area contributed by atoms with Gasteiger partial charge in [0.15, 0.2) is 0 Å². The molecular formula is C35H39FN2O6. The smallest absolute Gasteiger partial charge is 0.305 e. The fraction of sp³-hybridized carbons (Fsp3) is 0.314. The predicted molar refractivity (Wildman–Crippen MR) is 166 cm³/mol. The van der Waals surface area contributed by atoms with Crippen LogP contribution in [0, 0.1) is 5.82 Å². The average molecular weight is 603 g/mol. The molecule has 0 saturated heterocycles. The third-order valence-electron chi connectivity index (χ3n) is 7.56. The number of benzene rings is 3. The van der Waals surface area contributed by atoms with Gasteiger partial charge in [0.1, 0.15) is 11.5 Å². The lowest BCUT2D eigenvalue weighted by Gasteiger charge is -2.20. The van der Waals surface area contributed by atoms with Crippen LogP contribution >= 0.6 is 0 Å². The minimum atomic E-state index is -1.19. The van der Waals surface area contributed by atoms with Crippen molar-refractivity contribution in [2.24, 2.45) is 0 Å². The van der Waals surface area contributed by atoms with Crippen LogP contribution in [0.5, 0.6) is 0 Å². The van der Waals surface area contributed by atoms with Gasteiger partial charge in [-0.15, -0.1) is 0 Å². The monoisotopic (exact) mass is 602 g/mol. The van der Waals surface area contributed by atoms with Crippen molar-refractivity contribution in [2.75, 3.05) is 0 Å². The molecule has 4 aromatic rings. The van der Waals surface area contributed by atoms with Gasteiger partial charge in [-0.25, -0.2) is 4.39 Å². The summed E-state index contributed by atoms with van der Waals surface area (Å²) in [7, 11) is 0. The normalized spacial score (nSPS) is 12.7. The van der Waals surface area contributed by atoms with Crippen molar-refractivity contribution in [3.05, 3.63) is 107 Å². The Kier molecular flexibility index (Phi) is 11.1. The van der Waals surface area contributed by atoms with Gasteiger partial charge in [-0.1, -0.05) is 66.7 Å². The highest BCUT2D eigenvalue weighted by molar-refractivity contribution is 6.05. The summed E-state index contributed by atoms with van der Waals surface area (Å²) in [6, 6.07) is 22.7. The molecule has 0 saturated carbocycles. The Morgan fingerprint density at radius 3 is 2.05 bits per heavy atom. The van der Waals surface area contributed by atoms with E-state index in [-0.39, 0.29) is 37.9 Å². The lowest BCUT2D eigenvalue weighted by atomic mass is 9.92. The Labute approximate surface area is 256 Å². The number of aromatic nitrogens is 1. The molecule has 0 spiro atoms. The van der Waals surface area contributed by atoms with Crippen molar-refractivity contribution >= 4 is 11.9 Å². The number of carboxylic acid groups (broad SMARTS) is 1. The standard InChI is InChI=1S/C35H39FN2O6/c1-22(2)38-30(17-16-28(40)18-29(41)19-31(42)43)32(26-12-14-27(36)15-13-26)33(25-6-4-3-5-7-25)34(38)35(44)37-20-23-8-10-24(21-39)11-9-23/h3-15,22,28-29,39-41H,16-21H2,1-2H3,(H,37,44)(H,42,43)/t28-,29-/m1/s1. The van der Waals surface area contributed by atoms with Crippen LogP contribution in [0.15, 0.2) is 78.9 Å². The second-order valence-electron chi connectivity index (χ2n) is 11.2. The number of halogens is 1. The zero-order valence-corrected chi connectivity index (χ0v) is 24.9. The van der Waals surface area contributed by atoms with Gasteiger partial charge in [0.25, 0.3) is 5.91 Å².